The van der Waals surface area contributed by atoms with Gasteiger partial charge in [0.1, 0.15) is 0 Å². The number of carboxylic acid groups (broad SMARTS) is 1. The Balaban J connectivity index is 1.74. The summed E-state index contributed by atoms with van der Waals surface area (Å²) in [5, 5.41) is 13.1. The highest BCUT2D eigenvalue weighted by Gasteiger charge is 2.20. The Hall–Kier alpha value is -1.36. The second-order valence-electron chi connectivity index (χ2n) is 6.07. The third-order valence-electron chi connectivity index (χ3n) is 4.06. The SMILES string of the molecule is CC(C)n1cc(CN2CCC(CCC(=O)O)CC2)cn1. The van der Waals surface area contributed by atoms with Crippen LogP contribution in [0.3, 0.4) is 0 Å². The van der Waals surface area contributed by atoms with Crippen LogP contribution in [0.2, 0.25) is 0 Å². The van der Waals surface area contributed by atoms with Gasteiger partial charge < -0.3 is 5.11 Å². The fourth-order valence-corrected chi connectivity index (χ4v) is 2.76. The smallest absolute Gasteiger partial charge is 0.303 e. The zero-order valence-corrected chi connectivity index (χ0v) is 12.5. The normalized spacial score (nSPS) is 17.8. The van der Waals surface area contributed by atoms with E-state index in [4.69, 9.17) is 5.11 Å². The van der Waals surface area contributed by atoms with Gasteiger partial charge in [-0.2, -0.15) is 5.10 Å². The Labute approximate surface area is 120 Å². The molecule has 112 valence electrons. The molecule has 0 bridgehead atoms. The van der Waals surface area contributed by atoms with Crippen molar-refractivity contribution in [3.05, 3.63) is 18.0 Å². The summed E-state index contributed by atoms with van der Waals surface area (Å²) in [6.07, 6.45) is 7.45. The van der Waals surface area contributed by atoms with Crippen LogP contribution in [0.15, 0.2) is 12.4 Å². The van der Waals surface area contributed by atoms with E-state index >= 15 is 0 Å². The fraction of sp³-hybridized carbons (Fsp3) is 0.733. The second-order valence-corrected chi connectivity index (χ2v) is 6.07. The average Bonchev–Trinajstić information content (AvgIpc) is 2.86. The summed E-state index contributed by atoms with van der Waals surface area (Å²) in [4.78, 5) is 13.0. The first-order valence-corrected chi connectivity index (χ1v) is 7.51. The predicted octanol–water partition coefficient (Wildman–Crippen LogP) is 2.54. The van der Waals surface area contributed by atoms with Crippen LogP contribution in [0, 0.1) is 5.92 Å². The lowest BCUT2D eigenvalue weighted by Crippen LogP contribution is -2.33. The van der Waals surface area contributed by atoms with E-state index in [0.717, 1.165) is 38.9 Å². The fourth-order valence-electron chi connectivity index (χ4n) is 2.76. The van der Waals surface area contributed by atoms with Crippen LogP contribution in [-0.2, 0) is 11.3 Å². The van der Waals surface area contributed by atoms with E-state index in [1.165, 1.54) is 5.56 Å². The molecule has 20 heavy (non-hydrogen) atoms. The Kier molecular flexibility index (Phi) is 5.17. The van der Waals surface area contributed by atoms with Gasteiger partial charge in [-0.05, 0) is 52.1 Å². The zero-order valence-electron chi connectivity index (χ0n) is 12.5. The van der Waals surface area contributed by atoms with Gasteiger partial charge in [-0.25, -0.2) is 0 Å². The number of nitrogens with zero attached hydrogens (tertiary/aromatic N) is 3. The monoisotopic (exact) mass is 279 g/mol. The molecule has 1 aromatic rings. The highest BCUT2D eigenvalue weighted by molar-refractivity contribution is 5.66. The quantitative estimate of drug-likeness (QED) is 0.869. The first-order chi connectivity index (χ1) is 9.54. The number of piperidine rings is 1. The molecule has 0 aromatic carbocycles. The molecular formula is C15H25N3O2. The molecule has 0 unspecified atom stereocenters. The summed E-state index contributed by atoms with van der Waals surface area (Å²) in [5.74, 6) is -0.0886. The predicted molar refractivity (Wildman–Crippen MR) is 77.5 cm³/mol. The zero-order chi connectivity index (χ0) is 14.5. The maximum absolute atomic E-state index is 10.6. The molecular weight excluding hydrogens is 254 g/mol. The van der Waals surface area contributed by atoms with Crippen molar-refractivity contribution < 1.29 is 9.90 Å². The van der Waals surface area contributed by atoms with Gasteiger partial charge in [0.05, 0.1) is 6.20 Å². The largest absolute Gasteiger partial charge is 0.481 e. The summed E-state index contributed by atoms with van der Waals surface area (Å²) in [7, 11) is 0. The third-order valence-corrected chi connectivity index (χ3v) is 4.06. The maximum Gasteiger partial charge on any atom is 0.303 e. The summed E-state index contributed by atoms with van der Waals surface area (Å²) < 4.78 is 1.99. The number of carbonyl (C=O) groups is 1. The van der Waals surface area contributed by atoms with E-state index in [2.05, 4.69) is 30.0 Å². The molecule has 1 aromatic heterocycles. The van der Waals surface area contributed by atoms with Crippen LogP contribution in [0.4, 0.5) is 0 Å². The lowest BCUT2D eigenvalue weighted by atomic mass is 9.92. The van der Waals surface area contributed by atoms with Crippen LogP contribution >= 0.6 is 0 Å². The molecule has 1 aliphatic heterocycles. The molecule has 1 saturated heterocycles. The van der Waals surface area contributed by atoms with Gasteiger partial charge in [0.25, 0.3) is 0 Å². The standard InChI is InChI=1S/C15H25N3O2/c1-12(2)18-11-14(9-16-18)10-17-7-5-13(6-8-17)3-4-15(19)20/h9,11-13H,3-8,10H2,1-2H3,(H,19,20). The van der Waals surface area contributed by atoms with E-state index in [9.17, 15) is 4.79 Å². The number of aliphatic carboxylic acids is 1. The summed E-state index contributed by atoms with van der Waals surface area (Å²) in [5.41, 5.74) is 1.27. The van der Waals surface area contributed by atoms with Crippen LogP contribution in [0.25, 0.3) is 0 Å². The molecule has 2 heterocycles. The van der Waals surface area contributed by atoms with Crippen molar-refractivity contribution in [3.8, 4) is 0 Å². The molecule has 0 spiro atoms. The molecule has 1 N–H and O–H groups in total. The third kappa shape index (κ3) is 4.34. The van der Waals surface area contributed by atoms with E-state index in [-0.39, 0.29) is 0 Å². The molecule has 2 rings (SSSR count). The summed E-state index contributed by atoms with van der Waals surface area (Å²) in [6, 6.07) is 0.408. The van der Waals surface area contributed by atoms with Gasteiger partial charge in [0.2, 0.25) is 0 Å². The minimum absolute atomic E-state index is 0.311. The first kappa shape index (κ1) is 15.0. The van der Waals surface area contributed by atoms with Crippen LogP contribution in [0.5, 0.6) is 0 Å². The van der Waals surface area contributed by atoms with Gasteiger partial charge in [0, 0.05) is 30.8 Å². The van der Waals surface area contributed by atoms with Crippen LogP contribution < -0.4 is 0 Å². The highest BCUT2D eigenvalue weighted by atomic mass is 16.4. The number of hydrogen-bond acceptors (Lipinski definition) is 3. The average molecular weight is 279 g/mol. The van der Waals surface area contributed by atoms with Gasteiger partial charge in [-0.3, -0.25) is 14.4 Å². The summed E-state index contributed by atoms with van der Waals surface area (Å²) >= 11 is 0. The Morgan fingerprint density at radius 1 is 1.45 bits per heavy atom. The van der Waals surface area contributed by atoms with Crippen molar-refractivity contribution in [2.75, 3.05) is 13.1 Å². The first-order valence-electron chi connectivity index (χ1n) is 7.51. The molecule has 0 aliphatic carbocycles. The lowest BCUT2D eigenvalue weighted by molar-refractivity contribution is -0.137. The highest BCUT2D eigenvalue weighted by Crippen LogP contribution is 2.23. The van der Waals surface area contributed by atoms with Crippen molar-refractivity contribution in [2.45, 2.75) is 52.1 Å². The summed E-state index contributed by atoms with van der Waals surface area (Å²) in [6.45, 7) is 7.35. The number of aromatic nitrogens is 2. The van der Waals surface area contributed by atoms with Gasteiger partial charge >= 0.3 is 5.97 Å². The molecule has 5 nitrogen and oxygen atoms in total. The van der Waals surface area contributed by atoms with Crippen molar-refractivity contribution in [1.82, 2.24) is 14.7 Å². The molecule has 0 saturated carbocycles. The maximum atomic E-state index is 10.6. The number of likely N-dealkylation sites (tertiary alicyclic amines) is 1. The van der Waals surface area contributed by atoms with Crippen molar-refractivity contribution in [2.24, 2.45) is 5.92 Å². The van der Waals surface area contributed by atoms with Crippen LogP contribution in [-0.4, -0.2) is 38.8 Å². The molecule has 0 atom stereocenters. The number of rotatable bonds is 6. The molecule has 0 radical (unpaired) electrons. The Morgan fingerprint density at radius 3 is 2.70 bits per heavy atom. The lowest BCUT2D eigenvalue weighted by Gasteiger charge is -2.31. The van der Waals surface area contributed by atoms with Gasteiger partial charge in [-0.1, -0.05) is 0 Å². The van der Waals surface area contributed by atoms with Gasteiger partial charge in [0.15, 0.2) is 0 Å². The van der Waals surface area contributed by atoms with E-state index in [1.807, 2.05) is 10.9 Å². The molecule has 0 amide bonds. The van der Waals surface area contributed by atoms with Gasteiger partial charge in [-0.15, -0.1) is 0 Å². The van der Waals surface area contributed by atoms with Crippen molar-refractivity contribution in [1.29, 1.82) is 0 Å². The Morgan fingerprint density at radius 2 is 2.15 bits per heavy atom. The molecule has 1 aliphatic rings. The van der Waals surface area contributed by atoms with E-state index in [1.54, 1.807) is 0 Å². The van der Waals surface area contributed by atoms with E-state index in [0.29, 0.717) is 18.4 Å². The second kappa shape index (κ2) is 6.88. The van der Waals surface area contributed by atoms with Crippen molar-refractivity contribution in [3.63, 3.8) is 0 Å². The van der Waals surface area contributed by atoms with Crippen LogP contribution in [0.1, 0.15) is 51.1 Å². The Bertz CT molecular complexity index is 434. The number of hydrogen-bond donors (Lipinski definition) is 1. The van der Waals surface area contributed by atoms with E-state index < -0.39 is 5.97 Å². The molecule has 1 fully saturated rings. The number of carboxylic acids is 1. The molecule has 5 heteroatoms. The minimum Gasteiger partial charge on any atom is -0.481 e. The topological polar surface area (TPSA) is 58.4 Å². The minimum atomic E-state index is -0.673. The van der Waals surface area contributed by atoms with Crippen molar-refractivity contribution >= 4 is 5.97 Å².